The summed E-state index contributed by atoms with van der Waals surface area (Å²) in [6.07, 6.45) is 0.957. The molecule has 0 aliphatic carbocycles. The number of nitrogens with zero attached hydrogens (tertiary/aromatic N) is 2. The second-order valence-electron chi connectivity index (χ2n) is 3.99. The minimum absolute atomic E-state index is 0.616. The molecule has 1 rings (SSSR count). The van der Waals surface area contributed by atoms with Gasteiger partial charge in [-0.3, -0.25) is 0 Å². The zero-order valence-corrected chi connectivity index (χ0v) is 13.9. The Morgan fingerprint density at radius 1 is 1.29 bits per heavy atom. The van der Waals surface area contributed by atoms with Gasteiger partial charge in [-0.2, -0.15) is 11.8 Å². The number of hydrogen-bond acceptors (Lipinski definition) is 4. The van der Waals surface area contributed by atoms with Gasteiger partial charge in [0.25, 0.3) is 0 Å². The molecule has 96 valence electrons. The van der Waals surface area contributed by atoms with Crippen molar-refractivity contribution in [3.63, 3.8) is 0 Å². The predicted octanol–water partition coefficient (Wildman–Crippen LogP) is 3.72. The van der Waals surface area contributed by atoms with Gasteiger partial charge in [-0.25, -0.2) is 9.97 Å². The highest BCUT2D eigenvalue weighted by Crippen LogP contribution is 2.22. The molecule has 1 aromatic rings. The minimum Gasteiger partial charge on any atom is -0.369 e. The zero-order chi connectivity index (χ0) is 12.8. The number of aryl methyl sites for hydroxylation is 1. The van der Waals surface area contributed by atoms with Crippen molar-refractivity contribution in [2.24, 2.45) is 0 Å². The Kier molecular flexibility index (Phi) is 6.54. The second kappa shape index (κ2) is 7.41. The highest BCUT2D eigenvalue weighted by Gasteiger charge is 2.10. The number of halogens is 1. The molecule has 1 heterocycles. The number of anilines is 1. The molecule has 0 saturated heterocycles. The molecule has 1 aromatic heterocycles. The van der Waals surface area contributed by atoms with Crippen LogP contribution in [-0.4, -0.2) is 21.8 Å². The largest absolute Gasteiger partial charge is 0.369 e. The summed E-state index contributed by atoms with van der Waals surface area (Å²) in [6.45, 7) is 9.52. The van der Waals surface area contributed by atoms with Crippen molar-refractivity contribution < 1.29 is 0 Å². The van der Waals surface area contributed by atoms with Crippen LogP contribution in [0, 0.1) is 3.57 Å². The summed E-state index contributed by atoms with van der Waals surface area (Å²) in [6, 6.07) is 0. The molecule has 3 nitrogen and oxygen atoms in total. The van der Waals surface area contributed by atoms with E-state index >= 15 is 0 Å². The summed E-state index contributed by atoms with van der Waals surface area (Å²) in [5, 5.41) is 3.93. The fourth-order valence-corrected chi connectivity index (χ4v) is 2.79. The van der Waals surface area contributed by atoms with Crippen molar-refractivity contribution in [1.29, 1.82) is 0 Å². The molecule has 0 spiro atoms. The molecule has 0 radical (unpaired) electrons. The summed E-state index contributed by atoms with van der Waals surface area (Å²) in [5.74, 6) is 2.82. The van der Waals surface area contributed by atoms with Gasteiger partial charge in [0.15, 0.2) is 0 Å². The van der Waals surface area contributed by atoms with Gasteiger partial charge in [0, 0.05) is 6.54 Å². The third kappa shape index (κ3) is 4.62. The molecule has 1 N–H and O–H groups in total. The molecule has 0 fully saturated rings. The number of rotatable bonds is 6. The molecule has 0 aromatic carbocycles. The van der Waals surface area contributed by atoms with Gasteiger partial charge in [-0.15, -0.1) is 0 Å². The summed E-state index contributed by atoms with van der Waals surface area (Å²) in [5.41, 5.74) is 1.15. The molecule has 0 unspecified atom stereocenters. The lowest BCUT2D eigenvalue weighted by molar-refractivity contribution is 0.921. The third-order valence-electron chi connectivity index (χ3n) is 2.19. The van der Waals surface area contributed by atoms with Crippen LogP contribution in [0.3, 0.4) is 0 Å². The Morgan fingerprint density at radius 3 is 2.53 bits per heavy atom. The number of aromatic nitrogens is 2. The van der Waals surface area contributed by atoms with E-state index in [1.54, 1.807) is 0 Å². The van der Waals surface area contributed by atoms with Gasteiger partial charge in [-0.1, -0.05) is 20.8 Å². The van der Waals surface area contributed by atoms with E-state index in [9.17, 15) is 0 Å². The topological polar surface area (TPSA) is 37.8 Å². The average Bonchev–Trinajstić information content (AvgIpc) is 2.30. The zero-order valence-electron chi connectivity index (χ0n) is 10.9. The van der Waals surface area contributed by atoms with Gasteiger partial charge >= 0.3 is 0 Å². The highest BCUT2D eigenvalue weighted by atomic mass is 127. The van der Waals surface area contributed by atoms with Gasteiger partial charge in [0.05, 0.1) is 15.0 Å². The van der Waals surface area contributed by atoms with E-state index in [0.717, 1.165) is 39.6 Å². The number of hydrogen-bond donors (Lipinski definition) is 1. The van der Waals surface area contributed by atoms with Crippen LogP contribution in [0.4, 0.5) is 5.82 Å². The van der Waals surface area contributed by atoms with E-state index < -0.39 is 0 Å². The molecular weight excluding hydrogens is 345 g/mol. The Hall–Kier alpha value is -0.0400. The van der Waals surface area contributed by atoms with E-state index in [4.69, 9.17) is 0 Å². The first kappa shape index (κ1) is 15.0. The molecule has 0 aliphatic heterocycles. The molecular formula is C12H20IN3S. The lowest BCUT2D eigenvalue weighted by atomic mass is 10.3. The van der Waals surface area contributed by atoms with Crippen molar-refractivity contribution in [3.05, 3.63) is 15.1 Å². The van der Waals surface area contributed by atoms with Gasteiger partial charge < -0.3 is 5.32 Å². The first-order chi connectivity index (χ1) is 8.08. The molecule has 17 heavy (non-hydrogen) atoms. The first-order valence-corrected chi connectivity index (χ1v) is 8.11. The fourth-order valence-electron chi connectivity index (χ4n) is 1.37. The Bertz CT molecular complexity index is 369. The molecule has 0 aliphatic rings. The van der Waals surface area contributed by atoms with Gasteiger partial charge in [0.1, 0.15) is 11.6 Å². The van der Waals surface area contributed by atoms with Crippen LogP contribution in [0.25, 0.3) is 0 Å². The van der Waals surface area contributed by atoms with E-state index in [2.05, 4.69) is 65.6 Å². The summed E-state index contributed by atoms with van der Waals surface area (Å²) < 4.78 is 1.16. The minimum atomic E-state index is 0.616. The standard InChI is InChI=1S/C12H20IN3S/c1-5-9-11(13)12(14-6-2)16-10(15-9)7-17-8(3)4/h8H,5-7H2,1-4H3,(H,14,15,16). The van der Waals surface area contributed by atoms with Crippen LogP contribution in [-0.2, 0) is 12.2 Å². The first-order valence-electron chi connectivity index (χ1n) is 5.99. The Morgan fingerprint density at radius 2 is 2.00 bits per heavy atom. The van der Waals surface area contributed by atoms with Gasteiger partial charge in [-0.05, 0) is 41.2 Å². The van der Waals surface area contributed by atoms with Crippen LogP contribution in [0.1, 0.15) is 39.2 Å². The maximum absolute atomic E-state index is 4.63. The Labute approximate surface area is 122 Å². The summed E-state index contributed by atoms with van der Waals surface area (Å²) in [7, 11) is 0. The van der Waals surface area contributed by atoms with Crippen molar-refractivity contribution in [2.75, 3.05) is 11.9 Å². The van der Waals surface area contributed by atoms with Crippen LogP contribution in [0.5, 0.6) is 0 Å². The Balaban J connectivity index is 2.94. The van der Waals surface area contributed by atoms with E-state index in [0.29, 0.717) is 5.25 Å². The van der Waals surface area contributed by atoms with Crippen molar-refractivity contribution in [1.82, 2.24) is 9.97 Å². The average molecular weight is 365 g/mol. The summed E-state index contributed by atoms with van der Waals surface area (Å²) in [4.78, 5) is 9.22. The lowest BCUT2D eigenvalue weighted by Gasteiger charge is -2.11. The maximum Gasteiger partial charge on any atom is 0.143 e. The summed E-state index contributed by atoms with van der Waals surface area (Å²) >= 11 is 4.21. The van der Waals surface area contributed by atoms with Crippen molar-refractivity contribution in [2.45, 2.75) is 45.1 Å². The normalized spacial score (nSPS) is 10.9. The molecule has 0 saturated carbocycles. The second-order valence-corrected chi connectivity index (χ2v) is 6.64. The lowest BCUT2D eigenvalue weighted by Crippen LogP contribution is -2.09. The molecule has 0 amide bonds. The third-order valence-corrected chi connectivity index (χ3v) is 4.42. The predicted molar refractivity (Wildman–Crippen MR) is 84.7 cm³/mol. The smallest absolute Gasteiger partial charge is 0.143 e. The van der Waals surface area contributed by atoms with E-state index in [1.807, 2.05) is 11.8 Å². The van der Waals surface area contributed by atoms with Crippen LogP contribution >= 0.6 is 34.4 Å². The molecule has 5 heteroatoms. The number of nitrogens with one attached hydrogen (secondary N) is 1. The SMILES string of the molecule is CCNc1nc(CSC(C)C)nc(CC)c1I. The van der Waals surface area contributed by atoms with Crippen LogP contribution in [0.2, 0.25) is 0 Å². The van der Waals surface area contributed by atoms with Crippen LogP contribution < -0.4 is 5.32 Å². The van der Waals surface area contributed by atoms with Crippen molar-refractivity contribution in [3.8, 4) is 0 Å². The molecule has 0 bridgehead atoms. The number of thioether (sulfide) groups is 1. The molecule has 0 atom stereocenters. The fraction of sp³-hybridized carbons (Fsp3) is 0.667. The monoisotopic (exact) mass is 365 g/mol. The van der Waals surface area contributed by atoms with Crippen LogP contribution in [0.15, 0.2) is 0 Å². The maximum atomic E-state index is 4.63. The van der Waals surface area contributed by atoms with E-state index in [-0.39, 0.29) is 0 Å². The quantitative estimate of drug-likeness (QED) is 0.780. The van der Waals surface area contributed by atoms with Gasteiger partial charge in [0.2, 0.25) is 0 Å². The van der Waals surface area contributed by atoms with E-state index in [1.165, 1.54) is 0 Å². The van der Waals surface area contributed by atoms with Crippen molar-refractivity contribution >= 4 is 40.2 Å². The highest BCUT2D eigenvalue weighted by molar-refractivity contribution is 14.1.